The number of carbonyl (C=O) groups is 1. The van der Waals surface area contributed by atoms with Crippen LogP contribution in [0.3, 0.4) is 0 Å². The molecule has 0 radical (unpaired) electrons. The highest BCUT2D eigenvalue weighted by atomic mass is 32.2. The number of sulfonamides is 1. The average Bonchev–Trinajstić information content (AvgIpc) is 3.36. The fraction of sp³-hybridized carbons (Fsp3) is 0.458. The Hall–Kier alpha value is -2.38. The Balaban J connectivity index is 1.54. The molecule has 7 heteroatoms. The van der Waals surface area contributed by atoms with Gasteiger partial charge in [0.2, 0.25) is 10.0 Å². The topological polar surface area (TPSA) is 75.7 Å². The molecule has 1 aliphatic carbocycles. The standard InChI is InChI=1S/C24H30N2O4S/c1-24(12-13-24)17-30-23(27)26-14-11-21(25-31(2,28)29)22(26)16-18-7-6-10-20(15-18)19-8-4-3-5-9-19/h3-10,15,21-22,25H,11-14,16-17H2,1-2H3/t21-,22-/m0/s1. The van der Waals surface area contributed by atoms with Gasteiger partial charge >= 0.3 is 6.09 Å². The molecule has 4 rings (SSSR count). The largest absolute Gasteiger partial charge is 0.449 e. The summed E-state index contributed by atoms with van der Waals surface area (Å²) in [4.78, 5) is 14.5. The van der Waals surface area contributed by atoms with Crippen LogP contribution < -0.4 is 4.72 Å². The Kier molecular flexibility index (Phi) is 6.08. The van der Waals surface area contributed by atoms with Gasteiger partial charge in [-0.15, -0.1) is 0 Å². The maximum absolute atomic E-state index is 12.8. The molecule has 6 nitrogen and oxygen atoms in total. The van der Waals surface area contributed by atoms with Crippen molar-refractivity contribution >= 4 is 16.1 Å². The number of hydrogen-bond acceptors (Lipinski definition) is 4. The molecule has 1 saturated carbocycles. The van der Waals surface area contributed by atoms with Gasteiger partial charge in [-0.25, -0.2) is 17.9 Å². The molecule has 0 bridgehead atoms. The van der Waals surface area contributed by atoms with Crippen LogP contribution in [0.25, 0.3) is 11.1 Å². The molecule has 1 N–H and O–H groups in total. The van der Waals surface area contributed by atoms with E-state index in [9.17, 15) is 13.2 Å². The number of nitrogens with zero attached hydrogens (tertiary/aromatic N) is 1. The van der Waals surface area contributed by atoms with Crippen LogP contribution in [0.4, 0.5) is 4.79 Å². The van der Waals surface area contributed by atoms with Crippen LogP contribution in [0.1, 0.15) is 31.7 Å². The van der Waals surface area contributed by atoms with Gasteiger partial charge in [-0.2, -0.15) is 0 Å². The molecule has 2 fully saturated rings. The molecule has 1 aliphatic heterocycles. The Bertz CT molecular complexity index is 1030. The van der Waals surface area contributed by atoms with E-state index in [1.807, 2.05) is 30.3 Å². The highest BCUT2D eigenvalue weighted by Gasteiger charge is 2.42. The third kappa shape index (κ3) is 5.66. The summed E-state index contributed by atoms with van der Waals surface area (Å²) in [5, 5.41) is 0. The van der Waals surface area contributed by atoms with E-state index in [4.69, 9.17) is 4.74 Å². The number of benzene rings is 2. The molecule has 2 aromatic rings. The molecule has 2 atom stereocenters. The first-order chi connectivity index (χ1) is 14.7. The third-order valence-electron chi connectivity index (χ3n) is 6.27. The lowest BCUT2D eigenvalue weighted by molar-refractivity contribution is 0.0807. The highest BCUT2D eigenvalue weighted by molar-refractivity contribution is 7.88. The predicted octanol–water partition coefficient (Wildman–Crippen LogP) is 3.82. The first kappa shape index (κ1) is 21.8. The minimum atomic E-state index is -3.39. The average molecular weight is 443 g/mol. The van der Waals surface area contributed by atoms with Gasteiger partial charge in [0.1, 0.15) is 0 Å². The second-order valence-corrected chi connectivity index (χ2v) is 11.0. The molecule has 0 unspecified atom stereocenters. The molecule has 31 heavy (non-hydrogen) atoms. The van der Waals surface area contributed by atoms with E-state index in [-0.39, 0.29) is 23.6 Å². The van der Waals surface area contributed by atoms with Crippen molar-refractivity contribution in [2.45, 2.75) is 44.7 Å². The fourth-order valence-corrected chi connectivity index (χ4v) is 5.00. The molecule has 0 aromatic heterocycles. The number of rotatable bonds is 7. The van der Waals surface area contributed by atoms with Crippen LogP contribution in [0.15, 0.2) is 54.6 Å². The van der Waals surface area contributed by atoms with Crippen molar-refractivity contribution in [3.63, 3.8) is 0 Å². The summed E-state index contributed by atoms with van der Waals surface area (Å²) in [5.41, 5.74) is 3.38. The van der Waals surface area contributed by atoms with Gasteiger partial charge < -0.3 is 9.64 Å². The summed E-state index contributed by atoms with van der Waals surface area (Å²) in [6, 6.07) is 17.7. The van der Waals surface area contributed by atoms with Crippen LogP contribution >= 0.6 is 0 Å². The van der Waals surface area contributed by atoms with Crippen LogP contribution in [0.2, 0.25) is 0 Å². The van der Waals surface area contributed by atoms with Gasteiger partial charge in [0, 0.05) is 18.0 Å². The molecular formula is C24H30N2O4S. The molecule has 1 saturated heterocycles. The minimum absolute atomic E-state index is 0.110. The van der Waals surface area contributed by atoms with Crippen molar-refractivity contribution in [3.05, 3.63) is 60.2 Å². The zero-order valence-corrected chi connectivity index (χ0v) is 18.9. The Morgan fingerprint density at radius 2 is 1.84 bits per heavy atom. The van der Waals surface area contributed by atoms with Crippen LogP contribution in [0, 0.1) is 5.41 Å². The summed E-state index contributed by atoms with van der Waals surface area (Å²) in [6.45, 7) is 3.01. The zero-order valence-electron chi connectivity index (χ0n) is 18.1. The van der Waals surface area contributed by atoms with E-state index in [2.05, 4.69) is 35.9 Å². The van der Waals surface area contributed by atoms with E-state index >= 15 is 0 Å². The number of hydrogen-bond donors (Lipinski definition) is 1. The van der Waals surface area contributed by atoms with Crippen LogP contribution in [-0.4, -0.2) is 50.9 Å². The van der Waals surface area contributed by atoms with Crippen molar-refractivity contribution in [2.75, 3.05) is 19.4 Å². The second-order valence-electron chi connectivity index (χ2n) is 9.18. The van der Waals surface area contributed by atoms with Gasteiger partial charge in [-0.05, 0) is 42.4 Å². The zero-order chi connectivity index (χ0) is 22.1. The SMILES string of the molecule is CC1(COC(=O)N2CC[C@H](NS(C)(=O)=O)[C@@H]2Cc2cccc(-c3ccccc3)c2)CC1. The Morgan fingerprint density at radius 3 is 2.52 bits per heavy atom. The van der Waals surface area contributed by atoms with Crippen molar-refractivity contribution in [1.82, 2.24) is 9.62 Å². The lowest BCUT2D eigenvalue weighted by Crippen LogP contribution is -2.48. The van der Waals surface area contributed by atoms with Crippen molar-refractivity contribution in [3.8, 4) is 11.1 Å². The number of carbonyl (C=O) groups excluding carboxylic acids is 1. The monoisotopic (exact) mass is 442 g/mol. The molecule has 1 amide bonds. The molecule has 2 aliphatic rings. The predicted molar refractivity (Wildman–Crippen MR) is 121 cm³/mol. The maximum Gasteiger partial charge on any atom is 0.410 e. The fourth-order valence-electron chi connectivity index (χ4n) is 4.17. The van der Waals surface area contributed by atoms with E-state index in [1.54, 1.807) is 4.90 Å². The van der Waals surface area contributed by atoms with Gasteiger partial charge in [0.25, 0.3) is 0 Å². The lowest BCUT2D eigenvalue weighted by atomic mass is 9.97. The number of likely N-dealkylation sites (tertiary alicyclic amines) is 1. The first-order valence-corrected chi connectivity index (χ1v) is 12.7. The summed E-state index contributed by atoms with van der Waals surface area (Å²) >= 11 is 0. The van der Waals surface area contributed by atoms with Gasteiger partial charge in [0.05, 0.1) is 18.9 Å². The molecule has 0 spiro atoms. The van der Waals surface area contributed by atoms with E-state index in [1.165, 1.54) is 0 Å². The third-order valence-corrected chi connectivity index (χ3v) is 7.00. The van der Waals surface area contributed by atoms with E-state index < -0.39 is 10.0 Å². The summed E-state index contributed by atoms with van der Waals surface area (Å²) < 4.78 is 32.2. The number of amides is 1. The first-order valence-electron chi connectivity index (χ1n) is 10.8. The molecule has 1 heterocycles. The van der Waals surface area contributed by atoms with Crippen LogP contribution in [-0.2, 0) is 21.2 Å². The second kappa shape index (κ2) is 8.63. The molecule has 2 aromatic carbocycles. The van der Waals surface area contributed by atoms with Crippen LogP contribution in [0.5, 0.6) is 0 Å². The van der Waals surface area contributed by atoms with E-state index in [0.29, 0.717) is 26.0 Å². The maximum atomic E-state index is 12.8. The minimum Gasteiger partial charge on any atom is -0.449 e. The smallest absolute Gasteiger partial charge is 0.410 e. The summed E-state index contributed by atoms with van der Waals surface area (Å²) in [6.07, 6.45) is 4.09. The Morgan fingerprint density at radius 1 is 1.13 bits per heavy atom. The van der Waals surface area contributed by atoms with Crippen molar-refractivity contribution < 1.29 is 17.9 Å². The molecular weight excluding hydrogens is 412 g/mol. The van der Waals surface area contributed by atoms with Crippen molar-refractivity contribution in [2.24, 2.45) is 5.41 Å². The lowest BCUT2D eigenvalue weighted by Gasteiger charge is -2.28. The van der Waals surface area contributed by atoms with Crippen molar-refractivity contribution in [1.29, 1.82) is 0 Å². The van der Waals surface area contributed by atoms with E-state index in [0.717, 1.165) is 35.8 Å². The summed E-state index contributed by atoms with van der Waals surface area (Å²) in [7, 11) is -3.39. The number of ether oxygens (including phenoxy) is 1. The quantitative estimate of drug-likeness (QED) is 0.707. The number of nitrogens with one attached hydrogen (secondary N) is 1. The Labute approximate surface area is 184 Å². The highest BCUT2D eigenvalue weighted by Crippen LogP contribution is 2.45. The van der Waals surface area contributed by atoms with Gasteiger partial charge in [0.15, 0.2) is 0 Å². The van der Waals surface area contributed by atoms with Gasteiger partial charge in [-0.1, -0.05) is 61.5 Å². The van der Waals surface area contributed by atoms with Gasteiger partial charge in [-0.3, -0.25) is 0 Å². The molecule has 166 valence electrons. The normalized spacial score (nSPS) is 22.3. The summed E-state index contributed by atoms with van der Waals surface area (Å²) in [5.74, 6) is 0.